The van der Waals surface area contributed by atoms with E-state index in [2.05, 4.69) is 18.7 Å². The summed E-state index contributed by atoms with van der Waals surface area (Å²) in [5.41, 5.74) is -0.397. The summed E-state index contributed by atoms with van der Waals surface area (Å²) in [6, 6.07) is 0. The third-order valence-corrected chi connectivity index (χ3v) is 3.05. The quantitative estimate of drug-likeness (QED) is 0.778. The average molecular weight is 256 g/mol. The molecule has 0 aromatic rings. The highest BCUT2D eigenvalue weighted by atomic mass is 16.6. The maximum absolute atomic E-state index is 11.9. The number of hydrogen-bond acceptors (Lipinski definition) is 3. The van der Waals surface area contributed by atoms with Crippen LogP contribution in [0.1, 0.15) is 41.0 Å². The van der Waals surface area contributed by atoms with Crippen molar-refractivity contribution in [2.75, 3.05) is 32.7 Å². The van der Waals surface area contributed by atoms with Gasteiger partial charge in [-0.1, -0.05) is 13.8 Å². The molecule has 0 saturated carbocycles. The molecule has 0 N–H and O–H groups in total. The van der Waals surface area contributed by atoms with Gasteiger partial charge in [0.25, 0.3) is 0 Å². The van der Waals surface area contributed by atoms with E-state index in [4.69, 9.17) is 4.74 Å². The number of carbonyl (C=O) groups is 1. The Hall–Kier alpha value is -0.770. The first-order chi connectivity index (χ1) is 8.28. The Morgan fingerprint density at radius 2 is 1.72 bits per heavy atom. The minimum absolute atomic E-state index is 0.175. The van der Waals surface area contributed by atoms with E-state index in [0.717, 1.165) is 38.6 Å². The summed E-state index contributed by atoms with van der Waals surface area (Å²) in [6.45, 7) is 14.9. The molecule has 1 heterocycles. The van der Waals surface area contributed by atoms with Gasteiger partial charge in [0.1, 0.15) is 5.60 Å². The summed E-state index contributed by atoms with van der Waals surface area (Å²) in [5.74, 6) is 0.744. The number of nitrogens with zero attached hydrogens (tertiary/aromatic N) is 2. The van der Waals surface area contributed by atoms with Crippen LogP contribution in [0.25, 0.3) is 0 Å². The van der Waals surface area contributed by atoms with Crippen LogP contribution >= 0.6 is 0 Å². The lowest BCUT2D eigenvalue weighted by Crippen LogP contribution is -2.50. The van der Waals surface area contributed by atoms with Crippen molar-refractivity contribution in [1.82, 2.24) is 9.80 Å². The maximum atomic E-state index is 11.9. The normalized spacial score (nSPS) is 18.2. The van der Waals surface area contributed by atoms with Crippen LogP contribution in [-0.2, 0) is 4.74 Å². The van der Waals surface area contributed by atoms with Gasteiger partial charge < -0.3 is 9.64 Å². The van der Waals surface area contributed by atoms with E-state index < -0.39 is 5.60 Å². The molecule has 4 heteroatoms. The first kappa shape index (κ1) is 15.3. The third-order valence-electron chi connectivity index (χ3n) is 3.05. The molecule has 0 unspecified atom stereocenters. The summed E-state index contributed by atoms with van der Waals surface area (Å²) in [7, 11) is 0. The van der Waals surface area contributed by atoms with Crippen molar-refractivity contribution in [2.24, 2.45) is 5.92 Å². The van der Waals surface area contributed by atoms with Gasteiger partial charge in [-0.15, -0.1) is 0 Å². The molecule has 0 spiro atoms. The molecular weight excluding hydrogens is 228 g/mol. The summed E-state index contributed by atoms with van der Waals surface area (Å²) in [6.07, 6.45) is 1.05. The van der Waals surface area contributed by atoms with Gasteiger partial charge in [-0.05, 0) is 39.7 Å². The lowest BCUT2D eigenvalue weighted by atomic mass is 10.1. The monoisotopic (exact) mass is 256 g/mol. The summed E-state index contributed by atoms with van der Waals surface area (Å²) < 4.78 is 5.38. The van der Waals surface area contributed by atoms with Crippen molar-refractivity contribution in [3.8, 4) is 0 Å². The van der Waals surface area contributed by atoms with Crippen LogP contribution in [0, 0.1) is 5.92 Å². The highest BCUT2D eigenvalue weighted by Gasteiger charge is 2.25. The second-order valence-corrected chi connectivity index (χ2v) is 6.49. The van der Waals surface area contributed by atoms with Crippen molar-refractivity contribution >= 4 is 6.09 Å². The van der Waals surface area contributed by atoms with E-state index in [1.54, 1.807) is 0 Å². The fourth-order valence-corrected chi connectivity index (χ4v) is 1.92. The Morgan fingerprint density at radius 3 is 2.17 bits per heavy atom. The largest absolute Gasteiger partial charge is 0.444 e. The predicted molar refractivity (Wildman–Crippen MR) is 73.7 cm³/mol. The molecule has 1 amide bonds. The lowest BCUT2D eigenvalue weighted by Gasteiger charge is -2.35. The molecule has 0 atom stereocenters. The standard InChI is InChI=1S/C14H28N2O2/c1-12(2)6-7-15-8-10-16(11-9-15)13(17)18-14(3,4)5/h12H,6-11H2,1-5H3. The summed E-state index contributed by atoms with van der Waals surface area (Å²) in [4.78, 5) is 16.1. The lowest BCUT2D eigenvalue weighted by molar-refractivity contribution is 0.0142. The van der Waals surface area contributed by atoms with Gasteiger partial charge >= 0.3 is 6.09 Å². The Morgan fingerprint density at radius 1 is 1.17 bits per heavy atom. The van der Waals surface area contributed by atoms with Crippen LogP contribution in [0.3, 0.4) is 0 Å². The Labute approximate surface area is 111 Å². The highest BCUT2D eigenvalue weighted by molar-refractivity contribution is 5.68. The van der Waals surface area contributed by atoms with Gasteiger partial charge in [-0.25, -0.2) is 4.79 Å². The van der Waals surface area contributed by atoms with Crippen LogP contribution in [0.15, 0.2) is 0 Å². The van der Waals surface area contributed by atoms with Gasteiger partial charge in [0, 0.05) is 26.2 Å². The van der Waals surface area contributed by atoms with Gasteiger partial charge in [-0.2, -0.15) is 0 Å². The van der Waals surface area contributed by atoms with E-state index in [1.165, 1.54) is 6.42 Å². The first-order valence-corrected chi connectivity index (χ1v) is 6.98. The van der Waals surface area contributed by atoms with Gasteiger partial charge in [0.2, 0.25) is 0 Å². The SMILES string of the molecule is CC(C)CCN1CCN(C(=O)OC(C)(C)C)CC1. The molecule has 0 bridgehead atoms. The number of carbonyl (C=O) groups excluding carboxylic acids is 1. The molecule has 0 aromatic heterocycles. The fourth-order valence-electron chi connectivity index (χ4n) is 1.92. The number of amides is 1. The fraction of sp³-hybridized carbons (Fsp3) is 0.929. The smallest absolute Gasteiger partial charge is 0.410 e. The van der Waals surface area contributed by atoms with Crippen molar-refractivity contribution < 1.29 is 9.53 Å². The van der Waals surface area contributed by atoms with Crippen molar-refractivity contribution in [1.29, 1.82) is 0 Å². The Bertz CT molecular complexity index is 263. The molecule has 0 aromatic carbocycles. The first-order valence-electron chi connectivity index (χ1n) is 6.98. The summed E-state index contributed by atoms with van der Waals surface area (Å²) >= 11 is 0. The summed E-state index contributed by atoms with van der Waals surface area (Å²) in [5, 5.41) is 0. The number of piperazine rings is 1. The van der Waals surface area contributed by atoms with E-state index in [9.17, 15) is 4.79 Å². The van der Waals surface area contributed by atoms with Crippen molar-refractivity contribution in [2.45, 2.75) is 46.6 Å². The minimum Gasteiger partial charge on any atom is -0.444 e. The zero-order chi connectivity index (χ0) is 13.8. The minimum atomic E-state index is -0.397. The molecule has 1 saturated heterocycles. The Kier molecular flexibility index (Phi) is 5.45. The molecular formula is C14H28N2O2. The van der Waals surface area contributed by atoms with Gasteiger partial charge in [-0.3, -0.25) is 4.90 Å². The van der Waals surface area contributed by atoms with Gasteiger partial charge in [0.05, 0.1) is 0 Å². The van der Waals surface area contributed by atoms with Crippen LogP contribution in [0.2, 0.25) is 0 Å². The zero-order valence-corrected chi connectivity index (χ0v) is 12.5. The topological polar surface area (TPSA) is 32.8 Å². The number of hydrogen-bond donors (Lipinski definition) is 0. The molecule has 1 aliphatic rings. The molecule has 0 aliphatic carbocycles. The molecule has 106 valence electrons. The molecule has 0 radical (unpaired) electrons. The second-order valence-electron chi connectivity index (χ2n) is 6.49. The highest BCUT2D eigenvalue weighted by Crippen LogP contribution is 2.12. The van der Waals surface area contributed by atoms with E-state index in [0.29, 0.717) is 0 Å². The van der Waals surface area contributed by atoms with Gasteiger partial charge in [0.15, 0.2) is 0 Å². The molecule has 4 nitrogen and oxygen atoms in total. The third kappa shape index (κ3) is 5.71. The maximum Gasteiger partial charge on any atom is 0.410 e. The van der Waals surface area contributed by atoms with Crippen molar-refractivity contribution in [3.63, 3.8) is 0 Å². The van der Waals surface area contributed by atoms with E-state index in [-0.39, 0.29) is 6.09 Å². The average Bonchev–Trinajstić information content (AvgIpc) is 2.24. The van der Waals surface area contributed by atoms with Crippen LogP contribution < -0.4 is 0 Å². The molecule has 1 fully saturated rings. The van der Waals surface area contributed by atoms with Crippen LogP contribution in [0.5, 0.6) is 0 Å². The predicted octanol–water partition coefficient (Wildman–Crippen LogP) is 2.59. The van der Waals surface area contributed by atoms with Crippen LogP contribution in [-0.4, -0.2) is 54.2 Å². The van der Waals surface area contributed by atoms with E-state index in [1.807, 2.05) is 25.7 Å². The second kappa shape index (κ2) is 6.41. The van der Waals surface area contributed by atoms with Crippen molar-refractivity contribution in [3.05, 3.63) is 0 Å². The Balaban J connectivity index is 2.28. The van der Waals surface area contributed by atoms with E-state index >= 15 is 0 Å². The van der Waals surface area contributed by atoms with Crippen LogP contribution in [0.4, 0.5) is 4.79 Å². The zero-order valence-electron chi connectivity index (χ0n) is 12.5. The number of rotatable bonds is 3. The molecule has 18 heavy (non-hydrogen) atoms. The number of ether oxygens (including phenoxy) is 1. The molecule has 1 aliphatic heterocycles. The molecule has 1 rings (SSSR count).